The van der Waals surface area contributed by atoms with Crippen LogP contribution in [0.4, 0.5) is 5.82 Å². The molecule has 12 heteroatoms. The topological polar surface area (TPSA) is 154 Å². The van der Waals surface area contributed by atoms with Crippen LogP contribution < -0.4 is 15.7 Å². The van der Waals surface area contributed by atoms with Gasteiger partial charge in [-0.15, -0.1) is 4.73 Å². The van der Waals surface area contributed by atoms with Gasteiger partial charge in [-0.05, 0) is 19.4 Å². The van der Waals surface area contributed by atoms with Gasteiger partial charge in [-0.2, -0.15) is 0 Å². The molecule has 0 amide bonds. The Balaban J connectivity index is 1.76. The second-order valence-electron chi connectivity index (χ2n) is 4.61. The molecule has 0 aromatic carbocycles. The van der Waals surface area contributed by atoms with Gasteiger partial charge in [-0.25, -0.2) is 24.3 Å². The van der Waals surface area contributed by atoms with Gasteiger partial charge in [0.15, 0.2) is 11.3 Å². The fourth-order valence-electron chi connectivity index (χ4n) is 2.08. The van der Waals surface area contributed by atoms with Crippen LogP contribution in [0.25, 0.3) is 11.2 Å². The molecule has 1 aliphatic rings. The third kappa shape index (κ3) is 2.86. The molecule has 4 N–H and O–H groups in total. The molecule has 11 nitrogen and oxygen atoms in total. The van der Waals surface area contributed by atoms with Crippen LogP contribution >= 0.6 is 7.82 Å². The van der Waals surface area contributed by atoms with Crippen LogP contribution in [0.15, 0.2) is 12.7 Å². The van der Waals surface area contributed by atoms with E-state index < -0.39 is 19.8 Å². The number of carbonyl (C=O) groups excluding carboxylic acids is 1. The van der Waals surface area contributed by atoms with E-state index in [4.69, 9.17) is 10.4 Å². The van der Waals surface area contributed by atoms with Gasteiger partial charge in [0, 0.05) is 0 Å². The fraction of sp³-hybridized carbons (Fsp3) is 0.400. The van der Waals surface area contributed by atoms with Crippen molar-refractivity contribution in [1.29, 1.82) is 0 Å². The van der Waals surface area contributed by atoms with Crippen molar-refractivity contribution in [2.24, 2.45) is 0 Å². The van der Waals surface area contributed by atoms with Crippen molar-refractivity contribution < 1.29 is 23.4 Å². The number of fused-ring (bicyclic) bond motifs is 1. The van der Waals surface area contributed by atoms with E-state index >= 15 is 0 Å². The van der Waals surface area contributed by atoms with Crippen LogP contribution in [0.1, 0.15) is 12.8 Å². The second kappa shape index (κ2) is 5.52. The molecule has 1 unspecified atom stereocenters. The molecule has 22 heavy (non-hydrogen) atoms. The summed E-state index contributed by atoms with van der Waals surface area (Å²) in [5.41, 5.74) is 5.87. The van der Waals surface area contributed by atoms with Crippen molar-refractivity contribution >= 4 is 30.8 Å². The molecule has 1 aliphatic heterocycles. The molecular formula is C10H13N6O5P. The highest BCUT2D eigenvalue weighted by atomic mass is 31.2. The number of nitrogens with one attached hydrogen (secondary N) is 1. The van der Waals surface area contributed by atoms with Gasteiger partial charge >= 0.3 is 13.8 Å². The van der Waals surface area contributed by atoms with E-state index in [0.29, 0.717) is 13.0 Å². The number of anilines is 1. The summed E-state index contributed by atoms with van der Waals surface area (Å²) in [4.78, 5) is 32.9. The Morgan fingerprint density at radius 1 is 1.50 bits per heavy atom. The maximum absolute atomic E-state index is 11.9. The number of nitrogens with two attached hydrogens (primary N) is 1. The smallest absolute Gasteiger partial charge is 0.382 e. The normalized spacial score (nSPS) is 20.7. The first-order valence-corrected chi connectivity index (χ1v) is 7.89. The average Bonchev–Trinajstić information content (AvgIpc) is 3.09. The molecule has 3 rings (SSSR count). The highest BCUT2D eigenvalue weighted by molar-refractivity contribution is 7.48. The van der Waals surface area contributed by atoms with Crippen molar-refractivity contribution in [3.8, 4) is 0 Å². The standard InChI is InChI=1S/C10H13N6O5P/c11-8-7-9(14-4-13-8)16(5-15-7)21-22(18,19)20-10(17)6-2-1-3-12-6/h4-6,12H,1-3H2,(H,18,19)(H2,11,13,14)/t6-/m0/s1. The van der Waals surface area contributed by atoms with Crippen LogP contribution in [0, 0.1) is 0 Å². The number of nitrogen functional groups attached to an aromatic ring is 1. The lowest BCUT2D eigenvalue weighted by Gasteiger charge is -2.14. The zero-order valence-corrected chi connectivity index (χ0v) is 12.1. The SMILES string of the molecule is Nc1ncnc2c1ncn2OP(=O)(O)OC(=O)[C@@H]1CCCN1. The Morgan fingerprint density at radius 2 is 2.32 bits per heavy atom. The highest BCUT2D eigenvalue weighted by Crippen LogP contribution is 2.40. The van der Waals surface area contributed by atoms with Crippen molar-refractivity contribution in [2.45, 2.75) is 18.9 Å². The van der Waals surface area contributed by atoms with E-state index in [1.165, 1.54) is 0 Å². The number of rotatable bonds is 4. The Hall–Kier alpha value is -2.23. The van der Waals surface area contributed by atoms with Crippen LogP contribution in [0.3, 0.4) is 0 Å². The number of carbonyl (C=O) groups is 1. The summed E-state index contributed by atoms with van der Waals surface area (Å²) in [6, 6.07) is -0.610. The summed E-state index contributed by atoms with van der Waals surface area (Å²) < 4.78 is 22.1. The molecule has 118 valence electrons. The minimum atomic E-state index is -4.68. The summed E-state index contributed by atoms with van der Waals surface area (Å²) >= 11 is 0. The summed E-state index contributed by atoms with van der Waals surface area (Å²) in [6.07, 6.45) is 3.56. The summed E-state index contributed by atoms with van der Waals surface area (Å²) in [6.45, 7) is 0.651. The maximum Gasteiger partial charge on any atom is 0.606 e. The van der Waals surface area contributed by atoms with Gasteiger partial charge < -0.3 is 15.6 Å². The van der Waals surface area contributed by atoms with Crippen LogP contribution in [0.5, 0.6) is 0 Å². The zero-order valence-electron chi connectivity index (χ0n) is 11.2. The number of nitrogens with zero attached hydrogens (tertiary/aromatic N) is 4. The van der Waals surface area contributed by atoms with Crippen molar-refractivity contribution in [2.75, 3.05) is 12.3 Å². The summed E-state index contributed by atoms with van der Waals surface area (Å²) in [5.74, 6) is -0.755. The predicted octanol–water partition coefficient (Wildman–Crippen LogP) is -0.767. The van der Waals surface area contributed by atoms with E-state index in [1.807, 2.05) is 0 Å². The quantitative estimate of drug-likeness (QED) is 0.609. The van der Waals surface area contributed by atoms with Crippen LogP contribution in [-0.2, 0) is 13.9 Å². The van der Waals surface area contributed by atoms with E-state index in [1.54, 1.807) is 0 Å². The van der Waals surface area contributed by atoms with Gasteiger partial charge in [0.25, 0.3) is 0 Å². The van der Waals surface area contributed by atoms with Gasteiger partial charge in [-0.1, -0.05) is 0 Å². The molecule has 0 bridgehead atoms. The third-order valence-corrected chi connectivity index (χ3v) is 3.87. The van der Waals surface area contributed by atoms with Gasteiger partial charge in [-0.3, -0.25) is 9.52 Å². The van der Waals surface area contributed by atoms with Crippen LogP contribution in [0.2, 0.25) is 0 Å². The molecule has 0 spiro atoms. The number of phosphoric acid groups is 1. The van der Waals surface area contributed by atoms with Crippen molar-refractivity contribution in [1.82, 2.24) is 25.0 Å². The van der Waals surface area contributed by atoms with Gasteiger partial charge in [0.05, 0.1) is 0 Å². The molecule has 1 fully saturated rings. The lowest BCUT2D eigenvalue weighted by Crippen LogP contribution is -2.32. The number of imidazole rings is 1. The predicted molar refractivity (Wildman–Crippen MR) is 73.3 cm³/mol. The largest absolute Gasteiger partial charge is 0.606 e. The van der Waals surface area contributed by atoms with Crippen LogP contribution in [-0.4, -0.2) is 43.1 Å². The minimum Gasteiger partial charge on any atom is -0.382 e. The van der Waals surface area contributed by atoms with Crippen molar-refractivity contribution in [3.63, 3.8) is 0 Å². The first-order chi connectivity index (χ1) is 10.5. The molecule has 2 atom stereocenters. The Labute approximate surface area is 124 Å². The fourth-order valence-corrected chi connectivity index (χ4v) is 2.81. The molecule has 0 saturated carbocycles. The minimum absolute atomic E-state index is 0.0804. The highest BCUT2D eigenvalue weighted by Gasteiger charge is 2.34. The first-order valence-electron chi connectivity index (χ1n) is 6.39. The van der Waals surface area contributed by atoms with E-state index in [9.17, 15) is 14.3 Å². The lowest BCUT2D eigenvalue weighted by atomic mass is 10.2. The number of hydrogen-bond acceptors (Lipinski definition) is 9. The molecule has 3 heterocycles. The summed E-state index contributed by atoms with van der Waals surface area (Å²) in [5, 5.41) is 2.86. The Morgan fingerprint density at radius 3 is 3.05 bits per heavy atom. The monoisotopic (exact) mass is 328 g/mol. The molecule has 2 aromatic rings. The average molecular weight is 328 g/mol. The summed E-state index contributed by atoms with van der Waals surface area (Å²) in [7, 11) is -4.68. The van der Waals surface area contributed by atoms with E-state index in [-0.39, 0.29) is 17.0 Å². The van der Waals surface area contributed by atoms with Gasteiger partial charge in [0.1, 0.15) is 18.7 Å². The van der Waals surface area contributed by atoms with E-state index in [2.05, 4.69) is 24.8 Å². The second-order valence-corrected chi connectivity index (χ2v) is 5.89. The lowest BCUT2D eigenvalue weighted by molar-refractivity contribution is -0.138. The Kier molecular flexibility index (Phi) is 3.69. The maximum atomic E-state index is 11.9. The third-order valence-electron chi connectivity index (χ3n) is 3.07. The van der Waals surface area contributed by atoms with E-state index in [0.717, 1.165) is 23.8 Å². The first kappa shape index (κ1) is 14.7. The molecular weight excluding hydrogens is 315 g/mol. The zero-order chi connectivity index (χ0) is 15.7. The number of hydrogen-bond donors (Lipinski definition) is 3. The molecule has 0 radical (unpaired) electrons. The molecule has 0 aliphatic carbocycles. The number of aromatic nitrogens is 4. The van der Waals surface area contributed by atoms with Gasteiger partial charge in [0.2, 0.25) is 5.65 Å². The van der Waals surface area contributed by atoms with Crippen molar-refractivity contribution in [3.05, 3.63) is 12.7 Å². The molecule has 2 aromatic heterocycles. The molecule has 1 saturated heterocycles. The number of phosphoric ester groups is 1. The Bertz CT molecular complexity index is 757.